The molecule has 0 fully saturated rings. The summed E-state index contributed by atoms with van der Waals surface area (Å²) in [4.78, 5) is 14.3. The predicted molar refractivity (Wildman–Crippen MR) is 105 cm³/mol. The summed E-state index contributed by atoms with van der Waals surface area (Å²) in [5.74, 6) is 0.109. The number of fused-ring (bicyclic) bond motifs is 1. The number of benzene rings is 2. The number of anilines is 1. The summed E-state index contributed by atoms with van der Waals surface area (Å²) in [7, 11) is 0. The average Bonchev–Trinajstić information content (AvgIpc) is 2.54. The van der Waals surface area contributed by atoms with E-state index >= 15 is 0 Å². The molecule has 1 amide bonds. The first kappa shape index (κ1) is 17.7. The number of hydrogen-bond acceptors (Lipinski definition) is 1. The van der Waals surface area contributed by atoms with Gasteiger partial charge in [-0.05, 0) is 49.4 Å². The second-order valence-corrected chi connectivity index (χ2v) is 8.14. The van der Waals surface area contributed by atoms with Crippen LogP contribution in [-0.4, -0.2) is 11.4 Å². The van der Waals surface area contributed by atoms with E-state index in [1.165, 1.54) is 23.1 Å². The van der Waals surface area contributed by atoms with Crippen LogP contribution in [0, 0.1) is 0 Å². The van der Waals surface area contributed by atoms with E-state index in [0.717, 1.165) is 18.5 Å². The maximum absolute atomic E-state index is 12.4. The summed E-state index contributed by atoms with van der Waals surface area (Å²) in [6.45, 7) is 10.5. The van der Waals surface area contributed by atoms with Crippen molar-refractivity contribution in [2.24, 2.45) is 0 Å². The smallest absolute Gasteiger partial charge is 0.224 e. The zero-order valence-corrected chi connectivity index (χ0v) is 16.1. The summed E-state index contributed by atoms with van der Waals surface area (Å²) < 4.78 is 0. The lowest BCUT2D eigenvalue weighted by atomic mass is 9.65. The highest BCUT2D eigenvalue weighted by Gasteiger charge is 2.46. The Morgan fingerprint density at radius 2 is 1.68 bits per heavy atom. The van der Waals surface area contributed by atoms with Crippen LogP contribution in [0.3, 0.4) is 0 Å². The first-order chi connectivity index (χ1) is 11.8. The van der Waals surface area contributed by atoms with Crippen LogP contribution in [0.4, 0.5) is 5.69 Å². The molecule has 0 N–H and O–H groups in total. The number of para-hydroxylation sites is 1. The maximum Gasteiger partial charge on any atom is 0.224 e. The summed E-state index contributed by atoms with van der Waals surface area (Å²) in [5.41, 5.74) is 4.69. The number of rotatable bonds is 3. The maximum atomic E-state index is 12.4. The third kappa shape index (κ3) is 2.99. The van der Waals surface area contributed by atoms with Crippen molar-refractivity contribution in [3.63, 3.8) is 0 Å². The molecule has 0 spiro atoms. The van der Waals surface area contributed by atoms with Crippen LogP contribution in [-0.2, 0) is 16.6 Å². The second kappa shape index (κ2) is 6.33. The molecule has 2 aromatic rings. The number of carbonyl (C=O) groups excluding carboxylic acids is 1. The summed E-state index contributed by atoms with van der Waals surface area (Å²) in [6.07, 6.45) is 3.20. The van der Waals surface area contributed by atoms with Crippen molar-refractivity contribution in [2.45, 2.75) is 64.8 Å². The molecule has 0 bridgehead atoms. The molecule has 0 aliphatic carbocycles. The molecule has 0 unspecified atom stereocenters. The molecule has 1 heterocycles. The highest BCUT2D eigenvalue weighted by atomic mass is 16.2. The molecule has 2 aromatic carbocycles. The molecule has 132 valence electrons. The van der Waals surface area contributed by atoms with Gasteiger partial charge in [-0.15, -0.1) is 0 Å². The first-order valence-corrected chi connectivity index (χ1v) is 9.29. The van der Waals surface area contributed by atoms with Gasteiger partial charge in [0.15, 0.2) is 0 Å². The molecule has 0 aromatic heterocycles. The van der Waals surface area contributed by atoms with Gasteiger partial charge >= 0.3 is 0 Å². The molecule has 0 saturated heterocycles. The minimum absolute atomic E-state index is 0.100. The van der Waals surface area contributed by atoms with Crippen LogP contribution in [0.25, 0.3) is 0 Å². The summed E-state index contributed by atoms with van der Waals surface area (Å²) in [6, 6.07) is 17.5. The molecule has 2 heteroatoms. The van der Waals surface area contributed by atoms with Gasteiger partial charge in [-0.1, -0.05) is 62.7 Å². The average molecular weight is 335 g/mol. The van der Waals surface area contributed by atoms with Crippen molar-refractivity contribution in [2.75, 3.05) is 4.90 Å². The molecule has 1 aliphatic rings. The van der Waals surface area contributed by atoms with E-state index in [0.29, 0.717) is 0 Å². The van der Waals surface area contributed by atoms with Gasteiger partial charge in [-0.25, -0.2) is 0 Å². The van der Waals surface area contributed by atoms with Gasteiger partial charge in [0.2, 0.25) is 5.91 Å². The molecule has 1 aliphatic heterocycles. The highest BCUT2D eigenvalue weighted by Crippen LogP contribution is 2.50. The van der Waals surface area contributed by atoms with Crippen LogP contribution < -0.4 is 4.90 Å². The standard InChI is InChI=1S/C23H29NO/c1-6-9-18-12-14-19(15-13-18)23(5)16-22(3,4)24(17(2)25)21-11-8-7-10-20(21)23/h7-8,10-15H,6,9,16H2,1-5H3/t23-/m0/s1. The van der Waals surface area contributed by atoms with Gasteiger partial charge in [0.25, 0.3) is 0 Å². The SMILES string of the molecule is CCCc1ccc([C@]2(C)CC(C)(C)N(C(C)=O)c3ccccc32)cc1. The van der Waals surface area contributed by atoms with Gasteiger partial charge in [0.05, 0.1) is 0 Å². The van der Waals surface area contributed by atoms with E-state index in [2.05, 4.69) is 70.2 Å². The minimum Gasteiger partial charge on any atom is -0.307 e. The molecule has 0 saturated carbocycles. The van der Waals surface area contributed by atoms with Crippen LogP contribution in [0.2, 0.25) is 0 Å². The Morgan fingerprint density at radius 1 is 1.04 bits per heavy atom. The van der Waals surface area contributed by atoms with Crippen LogP contribution >= 0.6 is 0 Å². The molecule has 0 radical (unpaired) electrons. The zero-order valence-electron chi connectivity index (χ0n) is 16.1. The Kier molecular flexibility index (Phi) is 4.49. The fourth-order valence-corrected chi connectivity index (χ4v) is 4.68. The van der Waals surface area contributed by atoms with Crippen molar-refractivity contribution in [3.05, 3.63) is 65.2 Å². The van der Waals surface area contributed by atoms with Gasteiger partial charge < -0.3 is 4.90 Å². The fraction of sp³-hybridized carbons (Fsp3) is 0.435. The van der Waals surface area contributed by atoms with Crippen LogP contribution in [0.5, 0.6) is 0 Å². The minimum atomic E-state index is -0.225. The summed E-state index contributed by atoms with van der Waals surface area (Å²) >= 11 is 0. The normalized spacial score (nSPS) is 21.7. The van der Waals surface area contributed by atoms with Crippen molar-refractivity contribution >= 4 is 11.6 Å². The van der Waals surface area contributed by atoms with E-state index in [-0.39, 0.29) is 16.9 Å². The van der Waals surface area contributed by atoms with Gasteiger partial charge in [-0.3, -0.25) is 4.79 Å². The van der Waals surface area contributed by atoms with Crippen molar-refractivity contribution < 1.29 is 4.79 Å². The Balaban J connectivity index is 2.15. The third-order valence-electron chi connectivity index (χ3n) is 5.58. The van der Waals surface area contributed by atoms with Crippen molar-refractivity contribution in [1.29, 1.82) is 0 Å². The van der Waals surface area contributed by atoms with E-state index in [9.17, 15) is 4.79 Å². The number of nitrogens with zero attached hydrogens (tertiary/aromatic N) is 1. The van der Waals surface area contributed by atoms with Gasteiger partial charge in [0.1, 0.15) is 0 Å². The zero-order chi connectivity index (χ0) is 18.2. The molecule has 3 rings (SSSR count). The van der Waals surface area contributed by atoms with E-state index in [1.54, 1.807) is 6.92 Å². The first-order valence-electron chi connectivity index (χ1n) is 9.29. The molecule has 25 heavy (non-hydrogen) atoms. The number of carbonyl (C=O) groups is 1. The lowest BCUT2D eigenvalue weighted by Crippen LogP contribution is -2.55. The predicted octanol–water partition coefficient (Wildman–Crippen LogP) is 5.48. The van der Waals surface area contributed by atoms with Gasteiger partial charge in [0, 0.05) is 23.6 Å². The lowest BCUT2D eigenvalue weighted by molar-refractivity contribution is -0.117. The number of aryl methyl sites for hydroxylation is 1. The fourth-order valence-electron chi connectivity index (χ4n) is 4.68. The largest absolute Gasteiger partial charge is 0.307 e. The monoisotopic (exact) mass is 335 g/mol. The summed E-state index contributed by atoms with van der Waals surface area (Å²) in [5, 5.41) is 0. The highest BCUT2D eigenvalue weighted by molar-refractivity contribution is 5.95. The van der Waals surface area contributed by atoms with Crippen molar-refractivity contribution in [3.8, 4) is 0 Å². The van der Waals surface area contributed by atoms with Crippen LogP contribution in [0.1, 0.15) is 64.2 Å². The number of hydrogen-bond donors (Lipinski definition) is 0. The topological polar surface area (TPSA) is 20.3 Å². The Labute approximate surface area is 151 Å². The molecule has 1 atom stereocenters. The Hall–Kier alpha value is -2.09. The molecule has 2 nitrogen and oxygen atoms in total. The quantitative estimate of drug-likeness (QED) is 0.727. The second-order valence-electron chi connectivity index (χ2n) is 8.14. The van der Waals surface area contributed by atoms with Gasteiger partial charge in [-0.2, -0.15) is 0 Å². The van der Waals surface area contributed by atoms with Crippen LogP contribution in [0.15, 0.2) is 48.5 Å². The third-order valence-corrected chi connectivity index (χ3v) is 5.58. The molecular formula is C23H29NO. The Morgan fingerprint density at radius 3 is 2.28 bits per heavy atom. The van der Waals surface area contributed by atoms with E-state index < -0.39 is 0 Å². The molecular weight excluding hydrogens is 306 g/mol. The van der Waals surface area contributed by atoms with E-state index in [4.69, 9.17) is 0 Å². The Bertz CT molecular complexity index is 775. The van der Waals surface area contributed by atoms with Crippen molar-refractivity contribution in [1.82, 2.24) is 0 Å². The number of amides is 1. The van der Waals surface area contributed by atoms with E-state index in [1.807, 2.05) is 11.0 Å². The lowest BCUT2D eigenvalue weighted by Gasteiger charge is -2.51.